The molecule has 0 aromatic heterocycles. The average molecular weight is 483 g/mol. The number of aliphatic imine (C=N–C) groups is 1. The first-order valence-electron chi connectivity index (χ1n) is 8.40. The Morgan fingerprint density at radius 2 is 2.00 bits per heavy atom. The standard InChI is InChI=1S/C18H21N5O3.HI/c19-18(22-14-9-12-26-17-8-4-1-5-13(14)17)21-11-10-20-15-6-2-3-7-16(15)23(24)25;/h1-8,14,20H,9-12H2,(H3,19,21,22);1H. The molecule has 0 radical (unpaired) electrons. The van der Waals surface area contributed by atoms with E-state index in [0.717, 1.165) is 17.7 Å². The van der Waals surface area contributed by atoms with Crippen LogP contribution in [0, 0.1) is 10.1 Å². The van der Waals surface area contributed by atoms with E-state index in [2.05, 4.69) is 15.6 Å². The number of nitrogens with one attached hydrogen (secondary N) is 2. The zero-order valence-electron chi connectivity index (χ0n) is 14.6. The molecule has 0 saturated heterocycles. The highest BCUT2D eigenvalue weighted by atomic mass is 127. The number of nitro benzene ring substituents is 1. The van der Waals surface area contributed by atoms with Gasteiger partial charge in [-0.1, -0.05) is 30.3 Å². The fourth-order valence-corrected chi connectivity index (χ4v) is 2.87. The van der Waals surface area contributed by atoms with Crippen LogP contribution in [-0.2, 0) is 0 Å². The summed E-state index contributed by atoms with van der Waals surface area (Å²) < 4.78 is 5.63. The molecule has 1 aliphatic heterocycles. The van der Waals surface area contributed by atoms with E-state index in [1.54, 1.807) is 18.2 Å². The van der Waals surface area contributed by atoms with Crippen molar-refractivity contribution in [2.45, 2.75) is 12.5 Å². The van der Waals surface area contributed by atoms with Crippen LogP contribution in [0.1, 0.15) is 18.0 Å². The van der Waals surface area contributed by atoms with Gasteiger partial charge in [0.15, 0.2) is 5.96 Å². The zero-order chi connectivity index (χ0) is 18.4. The van der Waals surface area contributed by atoms with Crippen molar-refractivity contribution in [1.82, 2.24) is 5.32 Å². The number of para-hydroxylation sites is 3. The van der Waals surface area contributed by atoms with E-state index in [-0.39, 0.29) is 35.7 Å². The summed E-state index contributed by atoms with van der Waals surface area (Å²) in [6.07, 6.45) is 0.807. The first-order valence-corrected chi connectivity index (χ1v) is 8.40. The fourth-order valence-electron chi connectivity index (χ4n) is 2.87. The summed E-state index contributed by atoms with van der Waals surface area (Å²) in [4.78, 5) is 14.9. The third-order valence-electron chi connectivity index (χ3n) is 4.09. The molecule has 1 aliphatic rings. The number of anilines is 1. The van der Waals surface area contributed by atoms with Crippen LogP contribution in [-0.4, -0.2) is 30.6 Å². The molecule has 27 heavy (non-hydrogen) atoms. The van der Waals surface area contributed by atoms with Crippen molar-refractivity contribution in [3.05, 3.63) is 64.2 Å². The first kappa shape index (κ1) is 20.7. The van der Waals surface area contributed by atoms with Crippen LogP contribution in [0.25, 0.3) is 0 Å². The zero-order valence-corrected chi connectivity index (χ0v) is 17.0. The van der Waals surface area contributed by atoms with Gasteiger partial charge in [-0.05, 0) is 12.1 Å². The van der Waals surface area contributed by atoms with Crippen LogP contribution in [0.3, 0.4) is 0 Å². The van der Waals surface area contributed by atoms with Gasteiger partial charge in [0.25, 0.3) is 5.69 Å². The third-order valence-corrected chi connectivity index (χ3v) is 4.09. The Morgan fingerprint density at radius 1 is 1.26 bits per heavy atom. The second kappa shape index (κ2) is 9.95. The van der Waals surface area contributed by atoms with Gasteiger partial charge in [0.2, 0.25) is 0 Å². The van der Waals surface area contributed by atoms with Gasteiger partial charge in [-0.25, -0.2) is 0 Å². The summed E-state index contributed by atoms with van der Waals surface area (Å²) >= 11 is 0. The van der Waals surface area contributed by atoms with Crippen LogP contribution in [0.15, 0.2) is 53.5 Å². The molecule has 1 heterocycles. The molecule has 0 saturated carbocycles. The van der Waals surface area contributed by atoms with E-state index in [1.807, 2.05) is 24.3 Å². The number of halogens is 1. The van der Waals surface area contributed by atoms with Gasteiger partial charge in [0.1, 0.15) is 11.4 Å². The minimum atomic E-state index is -0.413. The molecule has 0 amide bonds. The smallest absolute Gasteiger partial charge is 0.292 e. The molecule has 1 atom stereocenters. The molecule has 0 fully saturated rings. The van der Waals surface area contributed by atoms with Crippen LogP contribution in [0.5, 0.6) is 5.75 Å². The van der Waals surface area contributed by atoms with Crippen molar-refractivity contribution in [2.24, 2.45) is 10.7 Å². The lowest BCUT2D eigenvalue weighted by atomic mass is 10.0. The van der Waals surface area contributed by atoms with Gasteiger partial charge in [-0.15, -0.1) is 24.0 Å². The molecule has 2 aromatic rings. The number of hydrogen-bond donors (Lipinski definition) is 3. The highest BCUT2D eigenvalue weighted by Gasteiger charge is 2.21. The topological polar surface area (TPSA) is 115 Å². The molecule has 2 aromatic carbocycles. The van der Waals surface area contributed by atoms with Crippen LogP contribution < -0.4 is 21.1 Å². The van der Waals surface area contributed by atoms with Crippen molar-refractivity contribution < 1.29 is 9.66 Å². The highest BCUT2D eigenvalue weighted by Crippen LogP contribution is 2.31. The first-order chi connectivity index (χ1) is 12.6. The van der Waals surface area contributed by atoms with E-state index < -0.39 is 4.92 Å². The van der Waals surface area contributed by atoms with E-state index >= 15 is 0 Å². The maximum atomic E-state index is 11.0. The summed E-state index contributed by atoms with van der Waals surface area (Å²) in [5.41, 5.74) is 7.56. The second-order valence-corrected chi connectivity index (χ2v) is 5.84. The monoisotopic (exact) mass is 483 g/mol. The van der Waals surface area contributed by atoms with Crippen molar-refractivity contribution in [1.29, 1.82) is 0 Å². The molecule has 4 N–H and O–H groups in total. The van der Waals surface area contributed by atoms with Gasteiger partial charge in [0, 0.05) is 24.6 Å². The molecular weight excluding hydrogens is 461 g/mol. The van der Waals surface area contributed by atoms with Gasteiger partial charge in [-0.2, -0.15) is 0 Å². The number of hydrogen-bond acceptors (Lipinski definition) is 5. The summed E-state index contributed by atoms with van der Waals surface area (Å²) in [5, 5.41) is 17.2. The lowest BCUT2D eigenvalue weighted by Crippen LogP contribution is -2.37. The maximum absolute atomic E-state index is 11.0. The molecular formula is C18H22IN5O3. The third kappa shape index (κ3) is 5.46. The van der Waals surface area contributed by atoms with E-state index in [4.69, 9.17) is 10.5 Å². The molecule has 0 aliphatic carbocycles. The quantitative estimate of drug-likeness (QED) is 0.145. The van der Waals surface area contributed by atoms with Gasteiger partial charge in [0.05, 0.1) is 24.1 Å². The van der Waals surface area contributed by atoms with Crippen molar-refractivity contribution in [2.75, 3.05) is 25.0 Å². The number of fused-ring (bicyclic) bond motifs is 1. The Balaban J connectivity index is 0.00000261. The fraction of sp³-hybridized carbons (Fsp3) is 0.278. The molecule has 8 nitrogen and oxygen atoms in total. The highest BCUT2D eigenvalue weighted by molar-refractivity contribution is 14.0. The number of nitrogens with two attached hydrogens (primary N) is 1. The summed E-state index contributed by atoms with van der Waals surface area (Å²) in [6.45, 7) is 1.47. The lowest BCUT2D eigenvalue weighted by molar-refractivity contribution is -0.384. The van der Waals surface area contributed by atoms with Gasteiger partial charge >= 0.3 is 0 Å². The number of ether oxygens (including phenoxy) is 1. The number of guanidine groups is 1. The summed E-state index contributed by atoms with van der Waals surface area (Å²) in [7, 11) is 0. The van der Waals surface area contributed by atoms with E-state index in [9.17, 15) is 10.1 Å². The normalized spacial score (nSPS) is 15.7. The summed E-state index contributed by atoms with van der Waals surface area (Å²) in [5.74, 6) is 1.21. The summed E-state index contributed by atoms with van der Waals surface area (Å²) in [6, 6.07) is 14.4. The molecule has 0 bridgehead atoms. The Hall–Kier alpha value is -2.56. The van der Waals surface area contributed by atoms with Crippen molar-refractivity contribution in [3.8, 4) is 5.75 Å². The second-order valence-electron chi connectivity index (χ2n) is 5.84. The van der Waals surface area contributed by atoms with Gasteiger partial charge in [-0.3, -0.25) is 15.1 Å². The largest absolute Gasteiger partial charge is 0.493 e. The predicted molar refractivity (Wildman–Crippen MR) is 116 cm³/mol. The molecule has 0 spiro atoms. The number of nitrogens with zero attached hydrogens (tertiary/aromatic N) is 2. The Labute approximate surface area is 174 Å². The number of nitro groups is 1. The minimum Gasteiger partial charge on any atom is -0.493 e. The van der Waals surface area contributed by atoms with Crippen LogP contribution >= 0.6 is 24.0 Å². The Morgan fingerprint density at radius 3 is 2.81 bits per heavy atom. The molecule has 9 heteroatoms. The Bertz CT molecular complexity index is 815. The maximum Gasteiger partial charge on any atom is 0.292 e. The average Bonchev–Trinajstić information content (AvgIpc) is 2.66. The van der Waals surface area contributed by atoms with E-state index in [0.29, 0.717) is 31.3 Å². The lowest BCUT2D eigenvalue weighted by Gasteiger charge is -2.26. The van der Waals surface area contributed by atoms with E-state index in [1.165, 1.54) is 6.07 Å². The van der Waals surface area contributed by atoms with Gasteiger partial charge < -0.3 is 21.1 Å². The van der Waals surface area contributed by atoms with Crippen molar-refractivity contribution in [3.63, 3.8) is 0 Å². The Kier molecular flexibility index (Phi) is 7.65. The van der Waals surface area contributed by atoms with Crippen LogP contribution in [0.2, 0.25) is 0 Å². The predicted octanol–water partition coefficient (Wildman–Crippen LogP) is 3.05. The molecule has 144 valence electrons. The molecule has 1 unspecified atom stereocenters. The number of benzene rings is 2. The van der Waals surface area contributed by atoms with Crippen LogP contribution in [0.4, 0.5) is 11.4 Å². The molecule has 3 rings (SSSR count). The minimum absolute atomic E-state index is 0. The SMILES string of the molecule is I.NC(=NCCNc1ccccc1[N+](=O)[O-])NC1CCOc2ccccc21. The number of rotatable bonds is 6. The van der Waals surface area contributed by atoms with Crippen molar-refractivity contribution >= 4 is 41.3 Å².